The minimum atomic E-state index is -0.992. The molecule has 0 aliphatic carbocycles. The number of carboxylic acids is 1. The van der Waals surface area contributed by atoms with Crippen molar-refractivity contribution in [3.63, 3.8) is 0 Å². The molecule has 0 heterocycles. The van der Waals surface area contributed by atoms with Crippen LogP contribution < -0.4 is 5.73 Å². The van der Waals surface area contributed by atoms with Gasteiger partial charge in [0.2, 0.25) is 0 Å². The summed E-state index contributed by atoms with van der Waals surface area (Å²) in [6.07, 6.45) is 0. The smallest absolute Gasteiger partial charge is 0.335 e. The number of rotatable bonds is 1. The number of aromatic carboxylic acids is 1. The summed E-state index contributed by atoms with van der Waals surface area (Å²) in [5.74, 6) is -1.00. The Balaban J connectivity index is 2.75. The van der Waals surface area contributed by atoms with Crippen molar-refractivity contribution in [1.29, 1.82) is 0 Å². The number of nitrogens with two attached hydrogens (primary N) is 1. The lowest BCUT2D eigenvalue weighted by Crippen LogP contribution is -1.95. The van der Waals surface area contributed by atoms with E-state index in [4.69, 9.17) is 10.8 Å². The molecule has 15 heavy (non-hydrogen) atoms. The number of benzene rings is 2. The van der Waals surface area contributed by atoms with E-state index in [2.05, 4.69) is 0 Å². The van der Waals surface area contributed by atoms with Gasteiger partial charge in [-0.1, -0.05) is 6.07 Å². The van der Waals surface area contributed by atoms with E-state index in [1.807, 2.05) is 0 Å². The van der Waals surface area contributed by atoms with Crippen LogP contribution in [-0.2, 0) is 0 Å². The van der Waals surface area contributed by atoms with Crippen molar-refractivity contribution < 1.29 is 15.0 Å². The molecule has 0 unspecified atom stereocenters. The van der Waals surface area contributed by atoms with Crippen LogP contribution in [-0.4, -0.2) is 16.2 Å². The third-order valence-electron chi connectivity index (χ3n) is 2.27. The van der Waals surface area contributed by atoms with Gasteiger partial charge in [0.1, 0.15) is 5.75 Å². The fourth-order valence-corrected chi connectivity index (χ4v) is 1.46. The quantitative estimate of drug-likeness (QED) is 0.487. The first-order chi connectivity index (χ1) is 7.09. The molecule has 4 N–H and O–H groups in total. The van der Waals surface area contributed by atoms with E-state index < -0.39 is 5.97 Å². The molecule has 0 aliphatic rings. The second-order valence-corrected chi connectivity index (χ2v) is 3.24. The summed E-state index contributed by atoms with van der Waals surface area (Å²) in [6.45, 7) is 0. The van der Waals surface area contributed by atoms with Crippen molar-refractivity contribution >= 4 is 22.4 Å². The number of anilines is 1. The molecule has 0 amide bonds. The van der Waals surface area contributed by atoms with Gasteiger partial charge in [-0.25, -0.2) is 4.79 Å². The summed E-state index contributed by atoms with van der Waals surface area (Å²) in [7, 11) is 0. The van der Waals surface area contributed by atoms with Gasteiger partial charge in [0.25, 0.3) is 0 Å². The largest absolute Gasteiger partial charge is 0.505 e. The number of aromatic hydroxyl groups is 1. The summed E-state index contributed by atoms with van der Waals surface area (Å²) in [4.78, 5) is 10.7. The normalized spacial score (nSPS) is 10.4. The first kappa shape index (κ1) is 9.33. The molecule has 0 radical (unpaired) electrons. The summed E-state index contributed by atoms with van der Waals surface area (Å²) in [5.41, 5.74) is 5.99. The van der Waals surface area contributed by atoms with E-state index in [0.717, 1.165) is 0 Å². The van der Waals surface area contributed by atoms with Gasteiger partial charge in [-0.2, -0.15) is 0 Å². The number of hydrogen-bond acceptors (Lipinski definition) is 3. The number of carbonyl (C=O) groups is 1. The van der Waals surface area contributed by atoms with Crippen LogP contribution >= 0.6 is 0 Å². The standard InChI is InChI=1S/C11H9NO3/c12-9-4-2-6-5-7(11(14)15)1-3-8(6)10(9)13/h1-5,13H,12H2,(H,14,15). The fourth-order valence-electron chi connectivity index (χ4n) is 1.46. The van der Waals surface area contributed by atoms with Crippen molar-refractivity contribution in [2.45, 2.75) is 0 Å². The Labute approximate surface area is 85.6 Å². The molecule has 2 aromatic carbocycles. The number of fused-ring (bicyclic) bond motifs is 1. The number of nitrogen functional groups attached to an aromatic ring is 1. The summed E-state index contributed by atoms with van der Waals surface area (Å²) < 4.78 is 0. The summed E-state index contributed by atoms with van der Waals surface area (Å²) in [6, 6.07) is 7.70. The van der Waals surface area contributed by atoms with E-state index in [9.17, 15) is 9.90 Å². The maximum Gasteiger partial charge on any atom is 0.335 e. The Morgan fingerprint density at radius 2 is 1.93 bits per heavy atom. The topological polar surface area (TPSA) is 83.6 Å². The lowest BCUT2D eigenvalue weighted by molar-refractivity contribution is 0.0697. The monoisotopic (exact) mass is 203 g/mol. The Kier molecular flexibility index (Phi) is 1.97. The fraction of sp³-hybridized carbons (Fsp3) is 0. The van der Waals surface area contributed by atoms with E-state index >= 15 is 0 Å². The number of phenols is 1. The summed E-state index contributed by atoms with van der Waals surface area (Å²) in [5, 5.41) is 19.6. The summed E-state index contributed by atoms with van der Waals surface area (Å²) >= 11 is 0. The number of hydrogen-bond donors (Lipinski definition) is 3. The molecule has 0 fully saturated rings. The Hall–Kier alpha value is -2.23. The Morgan fingerprint density at radius 1 is 1.20 bits per heavy atom. The van der Waals surface area contributed by atoms with Crippen LogP contribution in [0.15, 0.2) is 30.3 Å². The van der Waals surface area contributed by atoms with E-state index in [-0.39, 0.29) is 17.0 Å². The van der Waals surface area contributed by atoms with Crippen molar-refractivity contribution in [2.75, 3.05) is 5.73 Å². The molecule has 0 atom stereocenters. The number of phenolic OH excluding ortho intramolecular Hbond substituents is 1. The second-order valence-electron chi connectivity index (χ2n) is 3.24. The minimum Gasteiger partial charge on any atom is -0.505 e. The first-order valence-corrected chi connectivity index (χ1v) is 4.34. The predicted molar refractivity (Wildman–Crippen MR) is 57.0 cm³/mol. The highest BCUT2D eigenvalue weighted by Gasteiger charge is 2.07. The average Bonchev–Trinajstić information content (AvgIpc) is 2.23. The van der Waals surface area contributed by atoms with E-state index in [0.29, 0.717) is 10.8 Å². The van der Waals surface area contributed by atoms with Gasteiger partial charge in [-0.05, 0) is 29.7 Å². The molecule has 0 saturated carbocycles. The van der Waals surface area contributed by atoms with Crippen LogP contribution in [0, 0.1) is 0 Å². The predicted octanol–water partition coefficient (Wildman–Crippen LogP) is 1.83. The molecule has 4 heteroatoms. The van der Waals surface area contributed by atoms with Crippen LogP contribution in [0.5, 0.6) is 5.75 Å². The average molecular weight is 203 g/mol. The van der Waals surface area contributed by atoms with Gasteiger partial charge < -0.3 is 15.9 Å². The highest BCUT2D eigenvalue weighted by molar-refractivity contribution is 5.98. The highest BCUT2D eigenvalue weighted by Crippen LogP contribution is 2.30. The Morgan fingerprint density at radius 3 is 2.60 bits per heavy atom. The van der Waals surface area contributed by atoms with Gasteiger partial charge in [-0.3, -0.25) is 0 Å². The zero-order chi connectivity index (χ0) is 11.0. The first-order valence-electron chi connectivity index (χ1n) is 4.34. The Bertz CT molecular complexity index is 549. The second kappa shape index (κ2) is 3.16. The molecule has 0 bridgehead atoms. The highest BCUT2D eigenvalue weighted by atomic mass is 16.4. The van der Waals surface area contributed by atoms with Gasteiger partial charge in [0, 0.05) is 5.39 Å². The van der Waals surface area contributed by atoms with Crippen LogP contribution in [0.1, 0.15) is 10.4 Å². The molecule has 0 spiro atoms. The zero-order valence-corrected chi connectivity index (χ0v) is 7.77. The van der Waals surface area contributed by atoms with Gasteiger partial charge in [0.15, 0.2) is 0 Å². The van der Waals surface area contributed by atoms with E-state index in [1.165, 1.54) is 12.1 Å². The van der Waals surface area contributed by atoms with Crippen molar-refractivity contribution in [3.05, 3.63) is 35.9 Å². The van der Waals surface area contributed by atoms with Crippen LogP contribution in [0.25, 0.3) is 10.8 Å². The lowest BCUT2D eigenvalue weighted by atomic mass is 10.1. The number of carboxylic acid groups (broad SMARTS) is 1. The van der Waals surface area contributed by atoms with Crippen LogP contribution in [0.4, 0.5) is 5.69 Å². The lowest BCUT2D eigenvalue weighted by Gasteiger charge is -2.04. The van der Waals surface area contributed by atoms with Crippen molar-refractivity contribution in [3.8, 4) is 5.75 Å². The third-order valence-corrected chi connectivity index (χ3v) is 2.27. The molecular weight excluding hydrogens is 194 g/mol. The minimum absolute atomic E-state index is 0.00978. The van der Waals surface area contributed by atoms with E-state index in [1.54, 1.807) is 18.2 Å². The van der Waals surface area contributed by atoms with Crippen LogP contribution in [0.3, 0.4) is 0 Å². The van der Waals surface area contributed by atoms with Crippen molar-refractivity contribution in [1.82, 2.24) is 0 Å². The van der Waals surface area contributed by atoms with Crippen LogP contribution in [0.2, 0.25) is 0 Å². The molecule has 2 rings (SSSR count). The molecule has 2 aromatic rings. The zero-order valence-electron chi connectivity index (χ0n) is 7.77. The molecule has 0 saturated heterocycles. The maximum atomic E-state index is 10.7. The third kappa shape index (κ3) is 1.46. The molecule has 4 nitrogen and oxygen atoms in total. The van der Waals surface area contributed by atoms with Gasteiger partial charge in [0.05, 0.1) is 11.3 Å². The SMILES string of the molecule is Nc1ccc2cc(C(=O)O)ccc2c1O. The van der Waals surface area contributed by atoms with Gasteiger partial charge >= 0.3 is 5.97 Å². The van der Waals surface area contributed by atoms with Crippen molar-refractivity contribution in [2.24, 2.45) is 0 Å². The van der Waals surface area contributed by atoms with Gasteiger partial charge in [-0.15, -0.1) is 0 Å². The molecular formula is C11H9NO3. The molecule has 76 valence electrons. The molecule has 0 aromatic heterocycles. The molecule has 0 aliphatic heterocycles. The maximum absolute atomic E-state index is 10.7.